The highest BCUT2D eigenvalue weighted by Crippen LogP contribution is 2.37. The van der Waals surface area contributed by atoms with E-state index in [4.69, 9.17) is 14.2 Å². The van der Waals surface area contributed by atoms with E-state index in [9.17, 15) is 9.59 Å². The van der Waals surface area contributed by atoms with Gasteiger partial charge in [0, 0.05) is 14.9 Å². The van der Waals surface area contributed by atoms with Gasteiger partial charge in [0.2, 0.25) is 5.91 Å². The Hall–Kier alpha value is -2.19. The second-order valence-corrected chi connectivity index (χ2v) is 8.31. The Kier molecular flexibility index (Phi) is 7.44. The molecule has 1 N–H and O–H groups in total. The van der Waals surface area contributed by atoms with Crippen molar-refractivity contribution >= 4 is 45.3 Å². The number of hydrogen-bond acceptors (Lipinski definition) is 6. The summed E-state index contributed by atoms with van der Waals surface area (Å²) in [6.07, 6.45) is -0.00218. The van der Waals surface area contributed by atoms with Gasteiger partial charge in [0.1, 0.15) is 6.61 Å². The highest BCUT2D eigenvalue weighted by molar-refractivity contribution is 9.10. The molecule has 1 aliphatic heterocycles. The van der Waals surface area contributed by atoms with E-state index in [1.807, 2.05) is 38.1 Å². The van der Waals surface area contributed by atoms with Crippen LogP contribution in [0.25, 0.3) is 0 Å². The molecule has 0 radical (unpaired) electrons. The molecule has 8 heteroatoms. The Morgan fingerprint density at radius 2 is 1.83 bits per heavy atom. The molecule has 154 valence electrons. The van der Waals surface area contributed by atoms with Gasteiger partial charge in [0.25, 0.3) is 0 Å². The number of esters is 1. The van der Waals surface area contributed by atoms with Gasteiger partial charge in [-0.15, -0.1) is 11.8 Å². The summed E-state index contributed by atoms with van der Waals surface area (Å²) in [6, 6.07) is 11.1. The van der Waals surface area contributed by atoms with Crippen molar-refractivity contribution in [2.45, 2.75) is 37.0 Å². The van der Waals surface area contributed by atoms with Crippen LogP contribution in [0.15, 0.2) is 45.8 Å². The van der Waals surface area contributed by atoms with Crippen molar-refractivity contribution in [3.8, 4) is 11.5 Å². The van der Waals surface area contributed by atoms with E-state index >= 15 is 0 Å². The fourth-order valence-electron chi connectivity index (χ4n) is 2.82. The number of amides is 1. The number of nitrogens with one attached hydrogen (secondary N) is 1. The second-order valence-electron chi connectivity index (χ2n) is 6.21. The zero-order valence-electron chi connectivity index (χ0n) is 16.2. The maximum atomic E-state index is 12.3. The van der Waals surface area contributed by atoms with Crippen molar-refractivity contribution in [1.29, 1.82) is 0 Å². The van der Waals surface area contributed by atoms with Crippen molar-refractivity contribution in [1.82, 2.24) is 0 Å². The van der Waals surface area contributed by atoms with E-state index in [2.05, 4.69) is 21.2 Å². The molecule has 0 aromatic heterocycles. The number of carbonyl (C=O) groups excluding carboxylic acids is 2. The van der Waals surface area contributed by atoms with Gasteiger partial charge in [0.05, 0.1) is 30.6 Å². The molecular formula is C21H22BrNO5S. The highest BCUT2D eigenvalue weighted by atomic mass is 79.9. The first-order valence-corrected chi connectivity index (χ1v) is 11.0. The molecule has 0 spiro atoms. The molecule has 2 aromatic rings. The standard InChI is InChI=1S/C21H22BrNO5S/c1-3-26-16-9-13(14(22)10-17(16)27-4-2)12-28-20(24)11-19-21(25)23-15-7-5-6-8-18(15)29-19/h5-10,19H,3-4,11-12H2,1-2H3,(H,23,25). The number of rotatable bonds is 8. The molecule has 1 heterocycles. The predicted molar refractivity (Wildman–Crippen MR) is 116 cm³/mol. The number of fused-ring (bicyclic) bond motifs is 1. The van der Waals surface area contributed by atoms with Gasteiger partial charge in [-0.3, -0.25) is 9.59 Å². The number of carbonyl (C=O) groups is 2. The van der Waals surface area contributed by atoms with Crippen LogP contribution in [0.2, 0.25) is 0 Å². The largest absolute Gasteiger partial charge is 0.490 e. The molecule has 1 atom stereocenters. The average Bonchev–Trinajstić information content (AvgIpc) is 2.70. The summed E-state index contributed by atoms with van der Waals surface area (Å²) in [5.74, 6) is 0.606. The summed E-state index contributed by atoms with van der Waals surface area (Å²) in [5.41, 5.74) is 1.53. The van der Waals surface area contributed by atoms with Gasteiger partial charge in [-0.05, 0) is 38.1 Å². The maximum absolute atomic E-state index is 12.3. The lowest BCUT2D eigenvalue weighted by Crippen LogP contribution is -2.31. The van der Waals surface area contributed by atoms with E-state index in [1.54, 1.807) is 12.1 Å². The lowest BCUT2D eigenvalue weighted by Gasteiger charge is -2.23. The van der Waals surface area contributed by atoms with Gasteiger partial charge in [0.15, 0.2) is 11.5 Å². The SMILES string of the molecule is CCOc1cc(Br)c(COC(=O)CC2Sc3ccccc3NC2=O)cc1OCC. The van der Waals surface area contributed by atoms with Crippen molar-refractivity contribution in [3.63, 3.8) is 0 Å². The van der Waals surface area contributed by atoms with E-state index in [-0.39, 0.29) is 18.9 Å². The van der Waals surface area contributed by atoms with Crippen LogP contribution in [0.5, 0.6) is 11.5 Å². The molecule has 6 nitrogen and oxygen atoms in total. The van der Waals surface area contributed by atoms with E-state index in [0.717, 1.165) is 20.6 Å². The van der Waals surface area contributed by atoms with Crippen LogP contribution < -0.4 is 14.8 Å². The van der Waals surface area contributed by atoms with Gasteiger partial charge in [-0.1, -0.05) is 28.1 Å². The third kappa shape index (κ3) is 5.45. The number of ether oxygens (including phenoxy) is 3. The van der Waals surface area contributed by atoms with Crippen molar-refractivity contribution < 1.29 is 23.8 Å². The summed E-state index contributed by atoms with van der Waals surface area (Å²) in [7, 11) is 0. The fourth-order valence-corrected chi connectivity index (χ4v) is 4.35. The third-order valence-corrected chi connectivity index (χ3v) is 6.17. The molecule has 0 saturated heterocycles. The summed E-state index contributed by atoms with van der Waals surface area (Å²) in [6.45, 7) is 4.88. The summed E-state index contributed by atoms with van der Waals surface area (Å²) >= 11 is 4.86. The third-order valence-electron chi connectivity index (χ3n) is 4.16. The zero-order chi connectivity index (χ0) is 20.8. The van der Waals surface area contributed by atoms with Crippen molar-refractivity contribution in [2.24, 2.45) is 0 Å². The molecule has 1 aliphatic rings. The van der Waals surface area contributed by atoms with Crippen molar-refractivity contribution in [3.05, 3.63) is 46.4 Å². The molecule has 29 heavy (non-hydrogen) atoms. The summed E-state index contributed by atoms with van der Waals surface area (Å²) in [4.78, 5) is 25.6. The predicted octanol–water partition coefficient (Wildman–Crippen LogP) is 4.79. The lowest BCUT2D eigenvalue weighted by molar-refractivity contribution is -0.145. The molecule has 0 bridgehead atoms. The van der Waals surface area contributed by atoms with Gasteiger partial charge < -0.3 is 19.5 Å². The molecule has 1 unspecified atom stereocenters. The number of thioether (sulfide) groups is 1. The first kappa shape index (κ1) is 21.5. The Morgan fingerprint density at radius 1 is 1.14 bits per heavy atom. The molecule has 2 aromatic carbocycles. The number of benzene rings is 2. The Morgan fingerprint density at radius 3 is 2.55 bits per heavy atom. The first-order chi connectivity index (χ1) is 14.0. The van der Waals surface area contributed by atoms with Crippen LogP contribution >= 0.6 is 27.7 Å². The first-order valence-electron chi connectivity index (χ1n) is 9.32. The zero-order valence-corrected chi connectivity index (χ0v) is 18.6. The van der Waals surface area contributed by atoms with Gasteiger partial charge >= 0.3 is 5.97 Å². The number of para-hydroxylation sites is 1. The smallest absolute Gasteiger partial charge is 0.307 e. The average molecular weight is 480 g/mol. The van der Waals surface area contributed by atoms with Gasteiger partial charge in [-0.25, -0.2) is 0 Å². The Bertz CT molecular complexity index is 905. The van der Waals surface area contributed by atoms with E-state index < -0.39 is 11.2 Å². The molecule has 0 fully saturated rings. The fraction of sp³-hybridized carbons (Fsp3) is 0.333. The van der Waals surface area contributed by atoms with Gasteiger partial charge in [-0.2, -0.15) is 0 Å². The number of anilines is 1. The minimum absolute atomic E-state index is 0.00218. The van der Waals surface area contributed by atoms with Crippen LogP contribution in [0.1, 0.15) is 25.8 Å². The minimum Gasteiger partial charge on any atom is -0.490 e. The minimum atomic E-state index is -0.514. The topological polar surface area (TPSA) is 73.9 Å². The monoisotopic (exact) mass is 479 g/mol. The van der Waals surface area contributed by atoms with Crippen LogP contribution in [-0.2, 0) is 20.9 Å². The van der Waals surface area contributed by atoms with E-state index in [1.165, 1.54) is 11.8 Å². The highest BCUT2D eigenvalue weighted by Gasteiger charge is 2.29. The van der Waals surface area contributed by atoms with Crippen LogP contribution in [-0.4, -0.2) is 30.3 Å². The molecule has 0 aliphatic carbocycles. The molecular weight excluding hydrogens is 458 g/mol. The Balaban J connectivity index is 1.62. The normalized spacial score (nSPS) is 15.3. The quantitative estimate of drug-likeness (QED) is 0.548. The van der Waals surface area contributed by atoms with Crippen LogP contribution in [0.4, 0.5) is 5.69 Å². The summed E-state index contributed by atoms with van der Waals surface area (Å²) in [5, 5.41) is 2.32. The van der Waals surface area contributed by atoms with Crippen molar-refractivity contribution in [2.75, 3.05) is 18.5 Å². The maximum Gasteiger partial charge on any atom is 0.307 e. The van der Waals surface area contributed by atoms with Crippen LogP contribution in [0, 0.1) is 0 Å². The molecule has 1 amide bonds. The molecule has 3 rings (SSSR count). The summed E-state index contributed by atoms with van der Waals surface area (Å²) < 4.78 is 17.4. The number of halogens is 1. The lowest BCUT2D eigenvalue weighted by atomic mass is 10.2. The van der Waals surface area contributed by atoms with Crippen LogP contribution in [0.3, 0.4) is 0 Å². The van der Waals surface area contributed by atoms with E-state index in [0.29, 0.717) is 24.7 Å². The second kappa shape index (κ2) is 10.0. The Labute approximate surface area is 182 Å². The number of hydrogen-bond donors (Lipinski definition) is 1. The molecule has 0 saturated carbocycles.